The van der Waals surface area contributed by atoms with E-state index in [9.17, 15) is 14.4 Å². The largest absolute Gasteiger partial charge is 0.480 e. The molecule has 0 bridgehead atoms. The van der Waals surface area contributed by atoms with Crippen molar-refractivity contribution in [2.45, 2.75) is 180 Å². The van der Waals surface area contributed by atoms with Gasteiger partial charge in [0.2, 0.25) is 5.91 Å². The van der Waals surface area contributed by atoms with Gasteiger partial charge >= 0.3 is 11.9 Å². The second-order valence-corrected chi connectivity index (χ2v) is 11.4. The quantitative estimate of drug-likeness (QED) is 0.0514. The van der Waals surface area contributed by atoms with E-state index in [4.69, 9.17) is 9.84 Å². The van der Waals surface area contributed by atoms with Crippen LogP contribution in [0.3, 0.4) is 0 Å². The van der Waals surface area contributed by atoms with Crippen molar-refractivity contribution in [3.05, 3.63) is 12.2 Å². The molecule has 1 unspecified atom stereocenters. The number of aliphatic carboxylic acids is 1. The second kappa shape index (κ2) is 30.1. The Bertz CT molecular complexity index is 634. The smallest absolute Gasteiger partial charge is 0.322 e. The van der Waals surface area contributed by atoms with Crippen molar-refractivity contribution in [2.75, 3.05) is 6.54 Å². The highest BCUT2D eigenvalue weighted by Gasteiger charge is 2.14. The molecule has 0 fully saturated rings. The van der Waals surface area contributed by atoms with Crippen molar-refractivity contribution in [3.8, 4) is 0 Å². The monoisotopic (exact) mass is 565 g/mol. The number of carbonyl (C=O) groups is 3. The summed E-state index contributed by atoms with van der Waals surface area (Å²) in [5, 5.41) is 11.0. The van der Waals surface area contributed by atoms with Crippen molar-refractivity contribution < 1.29 is 24.2 Å². The first-order valence-corrected chi connectivity index (χ1v) is 16.8. The Hall–Kier alpha value is -1.85. The number of hydrogen-bond acceptors (Lipinski definition) is 4. The van der Waals surface area contributed by atoms with Crippen LogP contribution in [0.5, 0.6) is 0 Å². The number of hydrogen-bond donors (Lipinski definition) is 2. The van der Waals surface area contributed by atoms with Gasteiger partial charge in [-0.15, -0.1) is 0 Å². The van der Waals surface area contributed by atoms with Crippen molar-refractivity contribution in [1.29, 1.82) is 0 Å². The van der Waals surface area contributed by atoms with Crippen LogP contribution in [0.2, 0.25) is 0 Å². The van der Waals surface area contributed by atoms with Gasteiger partial charge in [0.15, 0.2) is 0 Å². The van der Waals surface area contributed by atoms with Crippen LogP contribution in [0.25, 0.3) is 0 Å². The van der Waals surface area contributed by atoms with Crippen molar-refractivity contribution in [1.82, 2.24) is 5.32 Å². The number of nitrogens with one attached hydrogen (secondary N) is 1. The number of rotatable bonds is 30. The Kier molecular flexibility index (Phi) is 28.7. The summed E-state index contributed by atoms with van der Waals surface area (Å²) in [5.41, 5.74) is 0. The average Bonchev–Trinajstić information content (AvgIpc) is 2.93. The molecule has 0 rings (SSSR count). The normalized spacial score (nSPS) is 12.1. The molecule has 0 spiro atoms. The third kappa shape index (κ3) is 29.1. The van der Waals surface area contributed by atoms with Crippen LogP contribution in [0.1, 0.15) is 174 Å². The van der Waals surface area contributed by atoms with Crippen molar-refractivity contribution >= 4 is 17.8 Å². The predicted molar refractivity (Wildman–Crippen MR) is 166 cm³/mol. The van der Waals surface area contributed by atoms with Crippen molar-refractivity contribution in [2.24, 2.45) is 0 Å². The number of unbranched alkanes of at least 4 members (excludes halogenated alkanes) is 17. The molecule has 0 saturated carbocycles. The van der Waals surface area contributed by atoms with Gasteiger partial charge in [-0.2, -0.15) is 0 Å². The van der Waals surface area contributed by atoms with E-state index >= 15 is 0 Å². The van der Waals surface area contributed by atoms with Gasteiger partial charge in [-0.25, -0.2) is 0 Å². The minimum Gasteiger partial charge on any atom is -0.480 e. The van der Waals surface area contributed by atoms with Crippen LogP contribution < -0.4 is 5.32 Å². The van der Waals surface area contributed by atoms with Gasteiger partial charge in [-0.3, -0.25) is 14.4 Å². The number of carboxylic acids is 1. The lowest BCUT2D eigenvalue weighted by Gasteiger charge is -2.18. The van der Waals surface area contributed by atoms with E-state index in [1.54, 1.807) is 0 Å². The van der Waals surface area contributed by atoms with Gasteiger partial charge in [0.1, 0.15) is 12.6 Å². The Morgan fingerprint density at radius 2 is 1.07 bits per heavy atom. The van der Waals surface area contributed by atoms with E-state index in [-0.39, 0.29) is 24.5 Å². The van der Waals surface area contributed by atoms with Crippen LogP contribution in [-0.2, 0) is 19.1 Å². The highest BCUT2D eigenvalue weighted by molar-refractivity contribution is 5.80. The molecular weight excluding hydrogens is 502 g/mol. The van der Waals surface area contributed by atoms with E-state index in [1.807, 2.05) is 0 Å². The summed E-state index contributed by atoms with van der Waals surface area (Å²) in [4.78, 5) is 34.6. The van der Waals surface area contributed by atoms with Crippen LogP contribution in [0.15, 0.2) is 12.2 Å². The van der Waals surface area contributed by atoms with Crippen LogP contribution in [-0.4, -0.2) is 35.6 Å². The van der Waals surface area contributed by atoms with E-state index in [2.05, 4.69) is 31.3 Å². The molecule has 0 aromatic heterocycles. The first-order valence-electron chi connectivity index (χ1n) is 16.8. The molecule has 6 nitrogen and oxygen atoms in total. The van der Waals surface area contributed by atoms with Gasteiger partial charge in [0.25, 0.3) is 0 Å². The Balaban J connectivity index is 3.89. The van der Waals surface area contributed by atoms with Gasteiger partial charge in [-0.05, 0) is 64.2 Å². The maximum Gasteiger partial charge on any atom is 0.322 e. The minimum atomic E-state index is -1.03. The summed E-state index contributed by atoms with van der Waals surface area (Å²) in [6.07, 6.45) is 32.0. The molecule has 0 aromatic rings. The second-order valence-electron chi connectivity index (χ2n) is 11.4. The van der Waals surface area contributed by atoms with E-state index in [1.165, 1.54) is 96.3 Å². The van der Waals surface area contributed by atoms with Gasteiger partial charge < -0.3 is 15.2 Å². The predicted octanol–water partition coefficient (Wildman–Crippen LogP) is 9.45. The fraction of sp³-hybridized carbons (Fsp3) is 0.853. The molecule has 0 aliphatic carbocycles. The maximum atomic E-state index is 12.5. The SMILES string of the molecule is CCCCCCCCC/C=C\CCCCCCCC(=O)OC(CCCCCC)CCCCCC(=O)NCC(=O)O. The van der Waals surface area contributed by atoms with Crippen molar-refractivity contribution in [3.63, 3.8) is 0 Å². The number of carboxylic acid groups (broad SMARTS) is 1. The third-order valence-corrected chi connectivity index (χ3v) is 7.44. The highest BCUT2D eigenvalue weighted by Crippen LogP contribution is 2.17. The zero-order chi connectivity index (χ0) is 29.5. The molecule has 40 heavy (non-hydrogen) atoms. The number of carbonyl (C=O) groups excluding carboxylic acids is 2. The molecule has 234 valence electrons. The fourth-order valence-electron chi connectivity index (χ4n) is 4.92. The van der Waals surface area contributed by atoms with Crippen LogP contribution in [0.4, 0.5) is 0 Å². The molecule has 0 heterocycles. The van der Waals surface area contributed by atoms with Gasteiger partial charge in [0.05, 0.1) is 0 Å². The molecule has 0 saturated heterocycles. The number of esters is 1. The molecular formula is C34H63NO5. The summed E-state index contributed by atoms with van der Waals surface area (Å²) < 4.78 is 5.85. The fourth-order valence-corrected chi connectivity index (χ4v) is 4.92. The summed E-state index contributed by atoms with van der Waals surface area (Å²) in [6, 6.07) is 0. The molecule has 1 atom stereocenters. The lowest BCUT2D eigenvalue weighted by Crippen LogP contribution is -2.28. The molecule has 0 aliphatic rings. The van der Waals surface area contributed by atoms with Gasteiger partial charge in [0, 0.05) is 12.8 Å². The Morgan fingerprint density at radius 3 is 1.62 bits per heavy atom. The van der Waals surface area contributed by atoms with Crippen LogP contribution >= 0.6 is 0 Å². The summed E-state index contributed by atoms with van der Waals surface area (Å²) in [5.74, 6) is -1.32. The first kappa shape index (κ1) is 38.1. The van der Waals surface area contributed by atoms with E-state index < -0.39 is 5.97 Å². The first-order chi connectivity index (χ1) is 19.5. The maximum absolute atomic E-state index is 12.5. The zero-order valence-corrected chi connectivity index (χ0v) is 26.2. The summed E-state index contributed by atoms with van der Waals surface area (Å²) in [7, 11) is 0. The third-order valence-electron chi connectivity index (χ3n) is 7.44. The zero-order valence-electron chi connectivity index (χ0n) is 26.2. The Morgan fingerprint density at radius 1 is 0.625 bits per heavy atom. The molecule has 0 radical (unpaired) electrons. The lowest BCUT2D eigenvalue weighted by molar-refractivity contribution is -0.150. The minimum absolute atomic E-state index is 0.0296. The number of allylic oxidation sites excluding steroid dienone is 2. The van der Waals surface area contributed by atoms with Gasteiger partial charge in [-0.1, -0.05) is 109 Å². The molecule has 1 amide bonds. The average molecular weight is 566 g/mol. The number of amides is 1. The number of ether oxygens (including phenoxy) is 1. The summed E-state index contributed by atoms with van der Waals surface area (Å²) in [6.45, 7) is 4.13. The Labute approximate surface area is 246 Å². The van der Waals surface area contributed by atoms with E-state index in [0.717, 1.165) is 51.4 Å². The molecule has 6 heteroatoms. The summed E-state index contributed by atoms with van der Waals surface area (Å²) >= 11 is 0. The van der Waals surface area contributed by atoms with Crippen LogP contribution in [0, 0.1) is 0 Å². The molecule has 0 aliphatic heterocycles. The molecule has 0 aromatic carbocycles. The lowest BCUT2D eigenvalue weighted by atomic mass is 10.0. The highest BCUT2D eigenvalue weighted by atomic mass is 16.5. The standard InChI is InChI=1S/C34H63NO5/c1-3-5-7-9-10-11-12-13-14-15-16-17-18-19-20-25-29-34(39)40-31(26-22-8-6-4-2)27-23-21-24-28-32(36)35-30-33(37)38/h14-15,31H,3-13,16-30H2,1-2H3,(H,35,36)(H,37,38)/b15-14-. The topological polar surface area (TPSA) is 92.7 Å². The molecule has 2 N–H and O–H groups in total. The van der Waals surface area contributed by atoms with E-state index in [0.29, 0.717) is 12.8 Å².